The van der Waals surface area contributed by atoms with Gasteiger partial charge in [-0.1, -0.05) is 36.9 Å². The van der Waals surface area contributed by atoms with Gasteiger partial charge in [0, 0.05) is 6.54 Å². The van der Waals surface area contributed by atoms with Crippen LogP contribution in [0.5, 0.6) is 0 Å². The number of amides is 1. The van der Waals surface area contributed by atoms with Crippen LogP contribution < -0.4 is 15.7 Å². The van der Waals surface area contributed by atoms with E-state index in [-0.39, 0.29) is 12.3 Å². The number of carbonyl (C=O) groups is 2. The SMILES string of the molecule is C=CC[NH2+][C@H](CC(=O)NCc1ccccc1)C(=O)[O-]. The largest absolute Gasteiger partial charge is 0.544 e. The lowest BCUT2D eigenvalue weighted by molar-refractivity contribution is -0.674. The van der Waals surface area contributed by atoms with Crippen LogP contribution in [0.2, 0.25) is 0 Å². The summed E-state index contributed by atoms with van der Waals surface area (Å²) in [4.78, 5) is 22.5. The summed E-state index contributed by atoms with van der Waals surface area (Å²) in [6, 6.07) is 8.54. The fourth-order valence-electron chi connectivity index (χ4n) is 1.59. The Balaban J connectivity index is 2.40. The van der Waals surface area contributed by atoms with Crippen LogP contribution in [0.4, 0.5) is 0 Å². The molecule has 0 spiro atoms. The molecule has 0 aliphatic heterocycles. The van der Waals surface area contributed by atoms with Gasteiger partial charge in [0.15, 0.2) is 0 Å². The topological polar surface area (TPSA) is 85.8 Å². The zero-order valence-electron chi connectivity index (χ0n) is 10.7. The molecule has 102 valence electrons. The van der Waals surface area contributed by atoms with Crippen LogP contribution in [-0.2, 0) is 16.1 Å². The summed E-state index contributed by atoms with van der Waals surface area (Å²) in [5.41, 5.74) is 0.968. The number of hydrogen-bond acceptors (Lipinski definition) is 3. The number of aliphatic carboxylic acids is 1. The van der Waals surface area contributed by atoms with E-state index in [1.165, 1.54) is 5.32 Å². The maximum absolute atomic E-state index is 11.6. The van der Waals surface area contributed by atoms with Gasteiger partial charge in [-0.05, 0) is 11.6 Å². The number of rotatable bonds is 8. The molecule has 1 aromatic carbocycles. The Labute approximate surface area is 112 Å². The van der Waals surface area contributed by atoms with Gasteiger partial charge in [-0.2, -0.15) is 0 Å². The van der Waals surface area contributed by atoms with Gasteiger partial charge in [0.05, 0.1) is 18.9 Å². The Hall–Kier alpha value is -2.14. The van der Waals surface area contributed by atoms with Gasteiger partial charge in [0.25, 0.3) is 0 Å². The van der Waals surface area contributed by atoms with E-state index in [0.717, 1.165) is 5.56 Å². The molecule has 19 heavy (non-hydrogen) atoms. The van der Waals surface area contributed by atoms with E-state index in [1.807, 2.05) is 30.3 Å². The molecular weight excluding hydrogens is 244 g/mol. The lowest BCUT2D eigenvalue weighted by Gasteiger charge is -2.15. The molecular formula is C14H18N2O3. The summed E-state index contributed by atoms with van der Waals surface area (Å²) in [6.45, 7) is 4.33. The van der Waals surface area contributed by atoms with E-state index >= 15 is 0 Å². The highest BCUT2D eigenvalue weighted by Crippen LogP contribution is 1.97. The number of carboxylic acid groups (broad SMARTS) is 1. The van der Waals surface area contributed by atoms with E-state index in [0.29, 0.717) is 13.1 Å². The van der Waals surface area contributed by atoms with Crippen molar-refractivity contribution in [3.8, 4) is 0 Å². The highest BCUT2D eigenvalue weighted by atomic mass is 16.4. The van der Waals surface area contributed by atoms with E-state index in [2.05, 4.69) is 11.9 Å². The van der Waals surface area contributed by atoms with Crippen molar-refractivity contribution in [2.75, 3.05) is 6.54 Å². The lowest BCUT2D eigenvalue weighted by Crippen LogP contribution is -2.93. The van der Waals surface area contributed by atoms with E-state index in [9.17, 15) is 14.7 Å². The molecule has 0 fully saturated rings. The molecule has 1 amide bonds. The number of nitrogens with two attached hydrogens (primary N) is 1. The molecule has 0 unspecified atom stereocenters. The zero-order valence-corrected chi connectivity index (χ0v) is 10.7. The van der Waals surface area contributed by atoms with Crippen LogP contribution in [0, 0.1) is 0 Å². The minimum atomic E-state index is -1.24. The minimum absolute atomic E-state index is 0.108. The maximum atomic E-state index is 11.6. The molecule has 1 atom stereocenters. The summed E-state index contributed by atoms with van der Waals surface area (Å²) in [6.07, 6.45) is 1.47. The van der Waals surface area contributed by atoms with E-state index in [4.69, 9.17) is 0 Å². The van der Waals surface area contributed by atoms with E-state index in [1.54, 1.807) is 6.08 Å². The number of hydrogen-bond donors (Lipinski definition) is 2. The summed E-state index contributed by atoms with van der Waals surface area (Å²) >= 11 is 0. The van der Waals surface area contributed by atoms with Crippen LogP contribution in [0.15, 0.2) is 43.0 Å². The Morgan fingerprint density at radius 2 is 2.05 bits per heavy atom. The molecule has 3 N–H and O–H groups in total. The fourth-order valence-corrected chi connectivity index (χ4v) is 1.59. The highest BCUT2D eigenvalue weighted by Gasteiger charge is 2.17. The van der Waals surface area contributed by atoms with Gasteiger partial charge in [0.1, 0.15) is 6.04 Å². The summed E-state index contributed by atoms with van der Waals surface area (Å²) in [5, 5.41) is 15.1. The Bertz CT molecular complexity index is 432. The molecule has 0 radical (unpaired) electrons. The quantitative estimate of drug-likeness (QED) is 0.563. The van der Waals surface area contributed by atoms with Gasteiger partial charge in [0.2, 0.25) is 5.91 Å². The Morgan fingerprint density at radius 1 is 1.37 bits per heavy atom. The van der Waals surface area contributed by atoms with Crippen molar-refractivity contribution in [1.29, 1.82) is 0 Å². The van der Waals surface area contributed by atoms with Gasteiger partial charge in [-0.3, -0.25) is 4.79 Å². The third-order valence-corrected chi connectivity index (χ3v) is 2.63. The summed E-state index contributed by atoms with van der Waals surface area (Å²) in [7, 11) is 0. The predicted molar refractivity (Wildman–Crippen MR) is 68.7 cm³/mol. The molecule has 0 aliphatic carbocycles. The average Bonchev–Trinajstić information content (AvgIpc) is 2.42. The second-order valence-corrected chi connectivity index (χ2v) is 4.15. The fraction of sp³-hybridized carbons (Fsp3) is 0.286. The number of nitrogens with one attached hydrogen (secondary N) is 1. The molecule has 0 saturated carbocycles. The monoisotopic (exact) mass is 262 g/mol. The first-order chi connectivity index (χ1) is 9.13. The number of carbonyl (C=O) groups excluding carboxylic acids is 2. The minimum Gasteiger partial charge on any atom is -0.544 e. The van der Waals surface area contributed by atoms with Gasteiger partial charge in [-0.25, -0.2) is 0 Å². The van der Waals surface area contributed by atoms with Crippen LogP contribution in [0.3, 0.4) is 0 Å². The molecule has 0 aromatic heterocycles. The van der Waals surface area contributed by atoms with Crippen LogP contribution in [-0.4, -0.2) is 24.5 Å². The van der Waals surface area contributed by atoms with Crippen LogP contribution in [0.25, 0.3) is 0 Å². The van der Waals surface area contributed by atoms with Crippen molar-refractivity contribution in [2.45, 2.75) is 19.0 Å². The van der Waals surface area contributed by atoms with Crippen molar-refractivity contribution >= 4 is 11.9 Å². The first kappa shape index (κ1) is 14.9. The summed E-state index contributed by atoms with van der Waals surface area (Å²) in [5.74, 6) is -1.55. The second kappa shape index (κ2) is 8.05. The van der Waals surface area contributed by atoms with Gasteiger partial charge >= 0.3 is 0 Å². The standard InChI is InChI=1S/C14H18N2O3/c1-2-8-15-12(14(18)19)9-13(17)16-10-11-6-4-3-5-7-11/h2-7,12,15H,1,8-10H2,(H,16,17)(H,18,19)/t12-/m1/s1. The summed E-state index contributed by atoms with van der Waals surface area (Å²) < 4.78 is 0. The lowest BCUT2D eigenvalue weighted by atomic mass is 10.2. The molecule has 0 heterocycles. The molecule has 1 aromatic rings. The molecule has 5 heteroatoms. The zero-order chi connectivity index (χ0) is 14.1. The number of quaternary nitrogens is 1. The first-order valence-corrected chi connectivity index (χ1v) is 6.09. The molecule has 5 nitrogen and oxygen atoms in total. The van der Waals surface area contributed by atoms with Gasteiger partial charge < -0.3 is 20.5 Å². The first-order valence-electron chi connectivity index (χ1n) is 6.09. The highest BCUT2D eigenvalue weighted by molar-refractivity contribution is 5.82. The second-order valence-electron chi connectivity index (χ2n) is 4.15. The molecule has 0 saturated heterocycles. The maximum Gasteiger partial charge on any atom is 0.226 e. The normalized spacial score (nSPS) is 11.6. The van der Waals surface area contributed by atoms with Crippen molar-refractivity contribution in [3.63, 3.8) is 0 Å². The van der Waals surface area contributed by atoms with Crippen LogP contribution >= 0.6 is 0 Å². The van der Waals surface area contributed by atoms with Crippen molar-refractivity contribution in [1.82, 2.24) is 5.32 Å². The molecule has 1 rings (SSSR count). The Kier molecular flexibility index (Phi) is 6.32. The van der Waals surface area contributed by atoms with Crippen molar-refractivity contribution in [3.05, 3.63) is 48.6 Å². The van der Waals surface area contributed by atoms with Crippen LogP contribution in [0.1, 0.15) is 12.0 Å². The van der Waals surface area contributed by atoms with Crippen molar-refractivity contribution in [2.24, 2.45) is 0 Å². The smallest absolute Gasteiger partial charge is 0.226 e. The predicted octanol–water partition coefficient (Wildman–Crippen LogP) is -1.44. The third-order valence-electron chi connectivity index (χ3n) is 2.63. The Morgan fingerprint density at radius 3 is 2.63 bits per heavy atom. The van der Waals surface area contributed by atoms with Crippen molar-refractivity contribution < 1.29 is 20.0 Å². The average molecular weight is 262 g/mol. The molecule has 0 bridgehead atoms. The number of benzene rings is 1. The number of carboxylic acids is 1. The molecule has 0 aliphatic rings. The van der Waals surface area contributed by atoms with E-state index < -0.39 is 12.0 Å². The third kappa shape index (κ3) is 5.83. The van der Waals surface area contributed by atoms with Gasteiger partial charge in [-0.15, -0.1) is 0 Å².